The van der Waals surface area contributed by atoms with Crippen molar-refractivity contribution >= 4 is 23.4 Å². The molecule has 0 unspecified atom stereocenters. The van der Waals surface area contributed by atoms with Gasteiger partial charge in [-0.2, -0.15) is 18.2 Å². The molecule has 2 N–H and O–H groups in total. The molecule has 32 heavy (non-hydrogen) atoms. The fourth-order valence-corrected chi connectivity index (χ4v) is 3.48. The fraction of sp³-hybridized carbons (Fsp3) is 0.286. The van der Waals surface area contributed by atoms with Crippen LogP contribution in [0.15, 0.2) is 53.5 Å². The van der Waals surface area contributed by atoms with Gasteiger partial charge in [-0.3, -0.25) is 4.79 Å². The van der Waals surface area contributed by atoms with Crippen LogP contribution in [-0.2, 0) is 4.79 Å². The molecule has 11 heteroatoms. The van der Waals surface area contributed by atoms with Crippen LogP contribution in [0.4, 0.5) is 35.0 Å². The molecule has 1 aliphatic rings. The number of hydrogen-bond acceptors (Lipinski definition) is 6. The van der Waals surface area contributed by atoms with Gasteiger partial charge in [-0.05, 0) is 37.1 Å². The zero-order valence-corrected chi connectivity index (χ0v) is 16.7. The van der Waals surface area contributed by atoms with Crippen LogP contribution in [0.3, 0.4) is 0 Å². The van der Waals surface area contributed by atoms with Crippen LogP contribution in [0, 0.1) is 5.82 Å². The van der Waals surface area contributed by atoms with Gasteiger partial charge in [0.05, 0.1) is 12.5 Å². The van der Waals surface area contributed by atoms with Gasteiger partial charge in [0, 0.05) is 42.1 Å². The average Bonchev–Trinajstić information content (AvgIpc) is 3.28. The Morgan fingerprint density at radius 1 is 1.19 bits per heavy atom. The maximum atomic E-state index is 13.5. The van der Waals surface area contributed by atoms with Crippen LogP contribution < -0.4 is 10.6 Å². The van der Waals surface area contributed by atoms with Crippen molar-refractivity contribution in [1.29, 1.82) is 0 Å². The summed E-state index contributed by atoms with van der Waals surface area (Å²) >= 11 is 0. The molecule has 0 radical (unpaired) electrons. The van der Waals surface area contributed by atoms with Crippen LogP contribution in [0.2, 0.25) is 0 Å². The van der Waals surface area contributed by atoms with Gasteiger partial charge in [-0.1, -0.05) is 6.07 Å². The van der Waals surface area contributed by atoms with Crippen molar-refractivity contribution < 1.29 is 26.8 Å². The molecular formula is C21H19F4N5O2. The highest BCUT2D eigenvalue weighted by Gasteiger charge is 2.43. The predicted molar refractivity (Wildman–Crippen MR) is 109 cm³/mol. The molecule has 3 heterocycles. The second kappa shape index (κ2) is 8.85. The van der Waals surface area contributed by atoms with Gasteiger partial charge in [-0.15, -0.1) is 0 Å². The van der Waals surface area contributed by atoms with Crippen LogP contribution in [0.5, 0.6) is 0 Å². The summed E-state index contributed by atoms with van der Waals surface area (Å²) in [6.07, 6.45) is 0.364. The van der Waals surface area contributed by atoms with E-state index in [0.29, 0.717) is 29.9 Å². The van der Waals surface area contributed by atoms with E-state index in [1.165, 1.54) is 24.7 Å². The molecule has 4 rings (SSSR count). The number of amides is 1. The van der Waals surface area contributed by atoms with E-state index < -0.39 is 17.9 Å². The molecule has 3 aromatic rings. The van der Waals surface area contributed by atoms with Gasteiger partial charge in [-0.25, -0.2) is 9.37 Å². The Morgan fingerprint density at radius 2 is 1.97 bits per heavy atom. The third-order valence-electron chi connectivity index (χ3n) is 5.07. The van der Waals surface area contributed by atoms with Crippen molar-refractivity contribution in [3.63, 3.8) is 0 Å². The van der Waals surface area contributed by atoms with Crippen LogP contribution in [-0.4, -0.2) is 46.1 Å². The van der Waals surface area contributed by atoms with Crippen LogP contribution in [0.1, 0.15) is 12.8 Å². The lowest BCUT2D eigenvalue weighted by molar-refractivity contribution is -0.186. The molecule has 1 saturated heterocycles. The summed E-state index contributed by atoms with van der Waals surface area (Å²) in [4.78, 5) is 21.0. The van der Waals surface area contributed by atoms with Crippen molar-refractivity contribution in [1.82, 2.24) is 14.9 Å². The number of alkyl halides is 3. The minimum absolute atomic E-state index is 0.0173. The lowest BCUT2D eigenvalue weighted by Crippen LogP contribution is -2.47. The summed E-state index contributed by atoms with van der Waals surface area (Å²) in [5.74, 6) is -1.57. The molecule has 7 nitrogen and oxygen atoms in total. The third-order valence-corrected chi connectivity index (χ3v) is 5.07. The monoisotopic (exact) mass is 449 g/mol. The highest BCUT2D eigenvalue weighted by Crippen LogP contribution is 2.30. The number of aromatic nitrogens is 2. The van der Waals surface area contributed by atoms with Crippen molar-refractivity contribution in [2.24, 2.45) is 0 Å². The maximum absolute atomic E-state index is 13.5. The number of piperidine rings is 1. The first-order valence-electron chi connectivity index (χ1n) is 9.84. The molecular weight excluding hydrogens is 430 g/mol. The van der Waals surface area contributed by atoms with E-state index in [0.717, 1.165) is 10.5 Å². The second-order valence-electron chi connectivity index (χ2n) is 7.31. The Kier molecular flexibility index (Phi) is 5.97. The summed E-state index contributed by atoms with van der Waals surface area (Å²) < 4.78 is 56.6. The summed E-state index contributed by atoms with van der Waals surface area (Å²) in [6.45, 7) is -0.0346. The number of benzene rings is 1. The number of nitrogens with one attached hydrogen (secondary N) is 2. The van der Waals surface area contributed by atoms with E-state index in [4.69, 9.17) is 4.42 Å². The summed E-state index contributed by atoms with van der Waals surface area (Å²) in [6, 6.07) is 7.36. The first kappa shape index (κ1) is 21.6. The number of nitrogens with zero attached hydrogens (tertiary/aromatic N) is 3. The highest BCUT2D eigenvalue weighted by molar-refractivity contribution is 5.82. The van der Waals surface area contributed by atoms with E-state index in [9.17, 15) is 22.4 Å². The number of hydrogen-bond donors (Lipinski definition) is 2. The van der Waals surface area contributed by atoms with Crippen molar-refractivity contribution in [3.05, 3.63) is 54.9 Å². The minimum Gasteiger partial charge on any atom is -0.472 e. The number of halogens is 4. The molecule has 168 valence electrons. The molecule has 1 aromatic carbocycles. The predicted octanol–water partition coefficient (Wildman–Crippen LogP) is 4.58. The smallest absolute Gasteiger partial charge is 0.471 e. The largest absolute Gasteiger partial charge is 0.472 e. The average molecular weight is 449 g/mol. The quantitative estimate of drug-likeness (QED) is 0.555. The first-order valence-corrected chi connectivity index (χ1v) is 9.84. The Morgan fingerprint density at radius 3 is 2.62 bits per heavy atom. The first-order chi connectivity index (χ1) is 15.3. The van der Waals surface area contributed by atoms with Crippen LogP contribution in [0.25, 0.3) is 11.1 Å². The number of carbonyl (C=O) groups excluding carboxylic acids is 1. The van der Waals surface area contributed by atoms with Gasteiger partial charge in [0.2, 0.25) is 5.95 Å². The third kappa shape index (κ3) is 4.98. The Bertz CT molecular complexity index is 1080. The Balaban J connectivity index is 1.52. The molecule has 1 fully saturated rings. The lowest BCUT2D eigenvalue weighted by atomic mass is 10.0. The highest BCUT2D eigenvalue weighted by atomic mass is 19.4. The normalized spacial score (nSPS) is 14.9. The number of furan rings is 1. The van der Waals surface area contributed by atoms with Gasteiger partial charge < -0.3 is 20.0 Å². The number of rotatable bonds is 5. The zero-order chi connectivity index (χ0) is 22.7. The molecule has 0 atom stereocenters. The molecule has 0 bridgehead atoms. The van der Waals surface area contributed by atoms with E-state index in [-0.39, 0.29) is 25.1 Å². The van der Waals surface area contributed by atoms with Crippen LogP contribution >= 0.6 is 0 Å². The SMILES string of the molecule is O=C(N1CCC(Nc2nc(Nc3cccc(F)c3)ncc2-c2ccoc2)CC1)C(F)(F)F. The summed E-state index contributed by atoms with van der Waals surface area (Å²) in [5.41, 5.74) is 1.82. The van der Waals surface area contributed by atoms with Crippen molar-refractivity contribution in [3.8, 4) is 11.1 Å². The molecule has 0 saturated carbocycles. The van der Waals surface area contributed by atoms with Gasteiger partial charge in [0.1, 0.15) is 11.6 Å². The lowest BCUT2D eigenvalue weighted by Gasteiger charge is -2.33. The molecule has 1 amide bonds. The molecule has 0 spiro atoms. The summed E-state index contributed by atoms with van der Waals surface area (Å²) in [5, 5.41) is 6.18. The summed E-state index contributed by atoms with van der Waals surface area (Å²) in [7, 11) is 0. The van der Waals surface area contributed by atoms with E-state index in [1.54, 1.807) is 24.4 Å². The Labute approximate surface area is 180 Å². The zero-order valence-electron chi connectivity index (χ0n) is 16.7. The topological polar surface area (TPSA) is 83.3 Å². The number of anilines is 3. The maximum Gasteiger partial charge on any atom is 0.471 e. The second-order valence-corrected chi connectivity index (χ2v) is 7.31. The molecule has 2 aromatic heterocycles. The minimum atomic E-state index is -4.88. The van der Waals surface area contributed by atoms with E-state index in [1.807, 2.05) is 0 Å². The fourth-order valence-electron chi connectivity index (χ4n) is 3.48. The molecule has 1 aliphatic heterocycles. The Hall–Kier alpha value is -3.63. The number of likely N-dealkylation sites (tertiary alicyclic amines) is 1. The van der Waals surface area contributed by atoms with Crippen molar-refractivity contribution in [2.75, 3.05) is 23.7 Å². The van der Waals surface area contributed by atoms with E-state index in [2.05, 4.69) is 20.6 Å². The number of carbonyl (C=O) groups is 1. The van der Waals surface area contributed by atoms with Gasteiger partial charge in [0.25, 0.3) is 0 Å². The van der Waals surface area contributed by atoms with Gasteiger partial charge in [0.15, 0.2) is 0 Å². The molecule has 0 aliphatic carbocycles. The van der Waals surface area contributed by atoms with E-state index >= 15 is 0 Å². The standard InChI is InChI=1S/C21H19F4N5O2/c22-14-2-1-3-16(10-14)28-20-26-11-17(13-6-9-32-12-13)18(29-20)27-15-4-7-30(8-5-15)19(31)21(23,24)25/h1-3,6,9-12,15H,4-5,7-8H2,(H2,26,27,28,29). The van der Waals surface area contributed by atoms with Crippen molar-refractivity contribution in [2.45, 2.75) is 25.1 Å². The van der Waals surface area contributed by atoms with Gasteiger partial charge >= 0.3 is 12.1 Å².